The SMILES string of the molecule is COCCNCC(=O)NC1(c2cccc(F)c2)CC1.Cl. The molecule has 0 aromatic heterocycles. The van der Waals surface area contributed by atoms with E-state index in [1.807, 2.05) is 6.07 Å². The van der Waals surface area contributed by atoms with Crippen LogP contribution in [0.5, 0.6) is 0 Å². The van der Waals surface area contributed by atoms with Gasteiger partial charge in [0.2, 0.25) is 5.91 Å². The molecule has 6 heteroatoms. The summed E-state index contributed by atoms with van der Waals surface area (Å²) >= 11 is 0. The molecule has 0 unspecified atom stereocenters. The number of halogens is 2. The van der Waals surface area contributed by atoms with Crippen LogP contribution in [0.15, 0.2) is 24.3 Å². The predicted octanol–water partition coefficient (Wildman–Crippen LogP) is 1.59. The number of carbonyl (C=O) groups is 1. The monoisotopic (exact) mass is 302 g/mol. The largest absolute Gasteiger partial charge is 0.383 e. The maximum Gasteiger partial charge on any atom is 0.234 e. The topological polar surface area (TPSA) is 50.4 Å². The molecule has 4 nitrogen and oxygen atoms in total. The Hall–Kier alpha value is -1.17. The van der Waals surface area contributed by atoms with Crippen molar-refractivity contribution in [3.05, 3.63) is 35.6 Å². The number of methoxy groups -OCH3 is 1. The van der Waals surface area contributed by atoms with Crippen LogP contribution in [0.25, 0.3) is 0 Å². The minimum absolute atomic E-state index is 0. The van der Waals surface area contributed by atoms with Gasteiger partial charge in [0.15, 0.2) is 0 Å². The Labute approximate surface area is 124 Å². The van der Waals surface area contributed by atoms with Crippen molar-refractivity contribution in [1.29, 1.82) is 0 Å². The minimum Gasteiger partial charge on any atom is -0.383 e. The standard InChI is InChI=1S/C14H19FN2O2.ClH/c1-19-8-7-16-10-13(18)17-14(5-6-14)11-3-2-4-12(15)9-11;/h2-4,9,16H,5-8,10H2,1H3,(H,17,18);1H. The van der Waals surface area contributed by atoms with Gasteiger partial charge in [-0.05, 0) is 30.5 Å². The second kappa shape index (κ2) is 7.57. The zero-order chi connectivity index (χ0) is 13.7. The van der Waals surface area contributed by atoms with Crippen LogP contribution in [0, 0.1) is 5.82 Å². The van der Waals surface area contributed by atoms with E-state index in [1.165, 1.54) is 12.1 Å². The van der Waals surface area contributed by atoms with E-state index in [0.717, 1.165) is 18.4 Å². The molecular weight excluding hydrogens is 283 g/mol. The molecule has 0 aliphatic heterocycles. The van der Waals surface area contributed by atoms with Crippen LogP contribution in [0.4, 0.5) is 4.39 Å². The molecule has 2 N–H and O–H groups in total. The summed E-state index contributed by atoms with van der Waals surface area (Å²) in [6.45, 7) is 1.46. The normalized spacial score (nSPS) is 15.3. The van der Waals surface area contributed by atoms with Crippen LogP contribution < -0.4 is 10.6 Å². The number of nitrogens with one attached hydrogen (secondary N) is 2. The Bertz CT molecular complexity index is 453. The first kappa shape index (κ1) is 16.9. The fourth-order valence-electron chi connectivity index (χ4n) is 2.08. The van der Waals surface area contributed by atoms with E-state index < -0.39 is 0 Å². The first-order valence-corrected chi connectivity index (χ1v) is 6.43. The lowest BCUT2D eigenvalue weighted by atomic mass is 10.0. The number of rotatable bonds is 7. The molecule has 0 atom stereocenters. The summed E-state index contributed by atoms with van der Waals surface area (Å²) in [7, 11) is 1.62. The Kier molecular flexibility index (Phi) is 6.39. The van der Waals surface area contributed by atoms with Crippen LogP contribution >= 0.6 is 12.4 Å². The second-order valence-electron chi connectivity index (χ2n) is 4.81. The molecule has 1 aliphatic carbocycles. The number of ether oxygens (including phenoxy) is 1. The van der Waals surface area contributed by atoms with Crippen molar-refractivity contribution >= 4 is 18.3 Å². The van der Waals surface area contributed by atoms with Gasteiger partial charge in [-0.1, -0.05) is 12.1 Å². The van der Waals surface area contributed by atoms with E-state index >= 15 is 0 Å². The number of benzene rings is 1. The molecule has 1 fully saturated rings. The second-order valence-corrected chi connectivity index (χ2v) is 4.81. The van der Waals surface area contributed by atoms with Gasteiger partial charge in [0.1, 0.15) is 5.82 Å². The first-order valence-electron chi connectivity index (χ1n) is 6.43. The van der Waals surface area contributed by atoms with Gasteiger partial charge in [-0.3, -0.25) is 4.79 Å². The van der Waals surface area contributed by atoms with Crippen molar-refractivity contribution in [1.82, 2.24) is 10.6 Å². The average molecular weight is 303 g/mol. The van der Waals surface area contributed by atoms with Crippen molar-refractivity contribution in [2.24, 2.45) is 0 Å². The van der Waals surface area contributed by atoms with Crippen LogP contribution in [0.2, 0.25) is 0 Å². The molecule has 0 radical (unpaired) electrons. The van der Waals surface area contributed by atoms with E-state index in [4.69, 9.17) is 4.74 Å². The third-order valence-corrected chi connectivity index (χ3v) is 3.27. The predicted molar refractivity (Wildman–Crippen MR) is 77.4 cm³/mol. The fraction of sp³-hybridized carbons (Fsp3) is 0.500. The lowest BCUT2D eigenvalue weighted by molar-refractivity contribution is -0.121. The molecular formula is C14H20ClFN2O2. The maximum absolute atomic E-state index is 13.2. The summed E-state index contributed by atoms with van der Waals surface area (Å²) in [5.74, 6) is -0.339. The maximum atomic E-state index is 13.2. The molecule has 1 saturated carbocycles. The summed E-state index contributed by atoms with van der Waals surface area (Å²) in [5, 5.41) is 5.97. The van der Waals surface area contributed by atoms with Gasteiger partial charge in [-0.25, -0.2) is 4.39 Å². The molecule has 0 heterocycles. The van der Waals surface area contributed by atoms with Gasteiger partial charge in [-0.15, -0.1) is 12.4 Å². The van der Waals surface area contributed by atoms with E-state index in [2.05, 4.69) is 10.6 Å². The van der Waals surface area contributed by atoms with Gasteiger partial charge in [0, 0.05) is 13.7 Å². The highest BCUT2D eigenvalue weighted by molar-refractivity contribution is 5.85. The summed E-state index contributed by atoms with van der Waals surface area (Å²) in [6.07, 6.45) is 1.72. The Morgan fingerprint density at radius 1 is 1.45 bits per heavy atom. The van der Waals surface area contributed by atoms with Crippen LogP contribution in [0.1, 0.15) is 18.4 Å². The van der Waals surface area contributed by atoms with Crippen LogP contribution in [-0.4, -0.2) is 32.7 Å². The number of hydrogen-bond donors (Lipinski definition) is 2. The zero-order valence-electron chi connectivity index (χ0n) is 11.4. The molecule has 112 valence electrons. The third kappa shape index (κ3) is 4.44. The summed E-state index contributed by atoms with van der Waals surface area (Å²) < 4.78 is 18.1. The Morgan fingerprint density at radius 2 is 2.20 bits per heavy atom. The number of amides is 1. The lowest BCUT2D eigenvalue weighted by Gasteiger charge is -2.18. The number of hydrogen-bond acceptors (Lipinski definition) is 3. The molecule has 20 heavy (non-hydrogen) atoms. The molecule has 1 aromatic rings. The highest BCUT2D eigenvalue weighted by Gasteiger charge is 2.45. The summed E-state index contributed by atoms with van der Waals surface area (Å²) in [6, 6.07) is 6.43. The fourth-order valence-corrected chi connectivity index (χ4v) is 2.08. The molecule has 0 bridgehead atoms. The molecule has 0 spiro atoms. The molecule has 1 amide bonds. The highest BCUT2D eigenvalue weighted by Crippen LogP contribution is 2.45. The first-order chi connectivity index (χ1) is 9.16. The van der Waals surface area contributed by atoms with Gasteiger partial charge in [0.05, 0.1) is 18.7 Å². The lowest BCUT2D eigenvalue weighted by Crippen LogP contribution is -2.41. The molecule has 0 saturated heterocycles. The Morgan fingerprint density at radius 3 is 2.80 bits per heavy atom. The van der Waals surface area contributed by atoms with E-state index in [0.29, 0.717) is 13.2 Å². The van der Waals surface area contributed by atoms with Gasteiger partial charge in [0.25, 0.3) is 0 Å². The van der Waals surface area contributed by atoms with Gasteiger partial charge in [-0.2, -0.15) is 0 Å². The Balaban J connectivity index is 0.00000200. The average Bonchev–Trinajstić information content (AvgIpc) is 3.16. The third-order valence-electron chi connectivity index (χ3n) is 3.27. The van der Waals surface area contributed by atoms with E-state index in [9.17, 15) is 9.18 Å². The van der Waals surface area contributed by atoms with Crippen molar-refractivity contribution in [2.45, 2.75) is 18.4 Å². The molecule has 1 aromatic carbocycles. The quantitative estimate of drug-likeness (QED) is 0.752. The van der Waals surface area contributed by atoms with Crippen LogP contribution in [-0.2, 0) is 15.1 Å². The van der Waals surface area contributed by atoms with Crippen molar-refractivity contribution < 1.29 is 13.9 Å². The van der Waals surface area contributed by atoms with Gasteiger partial charge >= 0.3 is 0 Å². The van der Waals surface area contributed by atoms with Crippen molar-refractivity contribution in [3.63, 3.8) is 0 Å². The summed E-state index contributed by atoms with van der Waals surface area (Å²) in [5.41, 5.74) is 0.486. The van der Waals surface area contributed by atoms with E-state index in [1.54, 1.807) is 13.2 Å². The molecule has 1 aliphatic rings. The minimum atomic E-state index is -0.359. The van der Waals surface area contributed by atoms with Gasteiger partial charge < -0.3 is 15.4 Å². The smallest absolute Gasteiger partial charge is 0.234 e. The number of carbonyl (C=O) groups excluding carboxylic acids is 1. The zero-order valence-corrected chi connectivity index (χ0v) is 12.3. The van der Waals surface area contributed by atoms with E-state index in [-0.39, 0.29) is 36.2 Å². The van der Waals surface area contributed by atoms with Crippen LogP contribution in [0.3, 0.4) is 0 Å². The van der Waals surface area contributed by atoms with Crippen molar-refractivity contribution in [3.8, 4) is 0 Å². The molecule has 2 rings (SSSR count). The van der Waals surface area contributed by atoms with Crippen molar-refractivity contribution in [2.75, 3.05) is 26.8 Å². The summed E-state index contributed by atoms with van der Waals surface area (Å²) in [4.78, 5) is 11.8. The highest BCUT2D eigenvalue weighted by atomic mass is 35.5.